The first-order chi connectivity index (χ1) is 10.8. The molecule has 0 aliphatic heterocycles. The average molecular weight is 410 g/mol. The van der Waals surface area contributed by atoms with E-state index < -0.39 is 29.2 Å². The number of methoxy groups -OCH3 is 1. The zero-order chi connectivity index (χ0) is 17.3. The second-order valence-corrected chi connectivity index (χ2v) is 5.38. The molecule has 1 aromatic carbocycles. The number of aromatic nitrogens is 1. The number of carboxylic acid groups (broad SMARTS) is 1. The Balaban J connectivity index is 2.72. The fourth-order valence-corrected chi connectivity index (χ4v) is 2.47. The van der Waals surface area contributed by atoms with E-state index in [9.17, 15) is 13.6 Å². The molecule has 0 radical (unpaired) electrons. The first-order valence-electron chi connectivity index (χ1n) is 5.84. The zero-order valence-corrected chi connectivity index (χ0v) is 13.7. The molecule has 3 N–H and O–H groups in total. The molecule has 1 heterocycles. The zero-order valence-electron chi connectivity index (χ0n) is 11.4. The van der Waals surface area contributed by atoms with Gasteiger partial charge < -0.3 is 20.3 Å². The SMILES string of the molecule is COc1c(Br)cc(F)c(-c2cc(N)c(Cl)c(OC(=O)O)n2)c1F. The number of anilines is 1. The average Bonchev–Trinajstić information content (AvgIpc) is 2.43. The molecule has 0 aliphatic rings. The predicted octanol–water partition coefficient (Wildman–Crippen LogP) is 4.09. The summed E-state index contributed by atoms with van der Waals surface area (Å²) < 4.78 is 37.8. The van der Waals surface area contributed by atoms with Crippen molar-refractivity contribution in [3.05, 3.63) is 33.3 Å². The number of ether oxygens (including phenoxy) is 2. The number of hydrogen-bond donors (Lipinski definition) is 2. The van der Waals surface area contributed by atoms with E-state index in [1.54, 1.807) is 0 Å². The van der Waals surface area contributed by atoms with E-state index in [2.05, 4.69) is 25.7 Å². The Morgan fingerprint density at radius 3 is 2.65 bits per heavy atom. The molecule has 23 heavy (non-hydrogen) atoms. The second-order valence-electron chi connectivity index (χ2n) is 4.15. The van der Waals surface area contributed by atoms with Gasteiger partial charge in [-0.25, -0.2) is 18.6 Å². The van der Waals surface area contributed by atoms with Gasteiger partial charge in [0.05, 0.1) is 28.5 Å². The van der Waals surface area contributed by atoms with Crippen molar-refractivity contribution in [1.82, 2.24) is 4.98 Å². The molecular weight excluding hydrogens is 402 g/mol. The first-order valence-corrected chi connectivity index (χ1v) is 7.02. The summed E-state index contributed by atoms with van der Waals surface area (Å²) in [6, 6.07) is 2.06. The summed E-state index contributed by atoms with van der Waals surface area (Å²) in [6.07, 6.45) is -1.70. The molecule has 1 aromatic heterocycles. The van der Waals surface area contributed by atoms with Crippen LogP contribution in [0.4, 0.5) is 19.3 Å². The minimum Gasteiger partial charge on any atom is -0.492 e. The predicted molar refractivity (Wildman–Crippen MR) is 81.9 cm³/mol. The lowest BCUT2D eigenvalue weighted by Gasteiger charge is -2.12. The number of rotatable bonds is 3. The van der Waals surface area contributed by atoms with Crippen LogP contribution >= 0.6 is 27.5 Å². The van der Waals surface area contributed by atoms with Gasteiger partial charge >= 0.3 is 6.16 Å². The van der Waals surface area contributed by atoms with Crippen LogP contribution in [-0.2, 0) is 0 Å². The van der Waals surface area contributed by atoms with Crippen molar-refractivity contribution in [2.24, 2.45) is 0 Å². The highest BCUT2D eigenvalue weighted by molar-refractivity contribution is 9.10. The van der Waals surface area contributed by atoms with Crippen LogP contribution in [0.5, 0.6) is 11.6 Å². The Morgan fingerprint density at radius 2 is 2.09 bits per heavy atom. The van der Waals surface area contributed by atoms with Crippen LogP contribution in [0.2, 0.25) is 5.02 Å². The van der Waals surface area contributed by atoms with Crippen LogP contribution in [0, 0.1) is 11.6 Å². The van der Waals surface area contributed by atoms with Crippen molar-refractivity contribution in [3.8, 4) is 22.9 Å². The van der Waals surface area contributed by atoms with E-state index in [4.69, 9.17) is 27.2 Å². The highest BCUT2D eigenvalue weighted by atomic mass is 79.9. The lowest BCUT2D eigenvalue weighted by molar-refractivity contribution is 0.142. The Morgan fingerprint density at radius 1 is 1.43 bits per heavy atom. The molecule has 122 valence electrons. The van der Waals surface area contributed by atoms with E-state index in [-0.39, 0.29) is 26.6 Å². The number of halogens is 4. The van der Waals surface area contributed by atoms with E-state index >= 15 is 0 Å². The fourth-order valence-electron chi connectivity index (χ4n) is 1.80. The largest absolute Gasteiger partial charge is 0.512 e. The monoisotopic (exact) mass is 408 g/mol. The minimum atomic E-state index is -1.70. The molecule has 0 spiro atoms. The van der Waals surface area contributed by atoms with Gasteiger partial charge in [-0.1, -0.05) is 11.6 Å². The number of benzene rings is 1. The van der Waals surface area contributed by atoms with Gasteiger partial charge in [0.25, 0.3) is 0 Å². The number of carbonyl (C=O) groups is 1. The van der Waals surface area contributed by atoms with Gasteiger partial charge in [0.15, 0.2) is 11.6 Å². The maximum atomic E-state index is 14.4. The van der Waals surface area contributed by atoms with Crippen molar-refractivity contribution >= 4 is 39.4 Å². The quantitative estimate of drug-likeness (QED) is 0.742. The summed E-state index contributed by atoms with van der Waals surface area (Å²) in [5.74, 6) is -2.85. The molecular formula is C13H8BrClF2N2O4. The number of nitrogens with two attached hydrogens (primary N) is 1. The third-order valence-electron chi connectivity index (χ3n) is 2.73. The topological polar surface area (TPSA) is 94.7 Å². The van der Waals surface area contributed by atoms with Gasteiger partial charge in [-0.3, -0.25) is 0 Å². The summed E-state index contributed by atoms with van der Waals surface area (Å²) in [5.41, 5.74) is 4.58. The van der Waals surface area contributed by atoms with Gasteiger partial charge in [0.1, 0.15) is 10.8 Å². The van der Waals surface area contributed by atoms with Crippen LogP contribution in [0.3, 0.4) is 0 Å². The highest BCUT2D eigenvalue weighted by Crippen LogP contribution is 2.39. The van der Waals surface area contributed by atoms with Crippen LogP contribution in [-0.4, -0.2) is 23.4 Å². The van der Waals surface area contributed by atoms with E-state index in [0.29, 0.717) is 0 Å². The van der Waals surface area contributed by atoms with E-state index in [0.717, 1.165) is 12.1 Å². The summed E-state index contributed by atoms with van der Waals surface area (Å²) in [4.78, 5) is 14.3. The van der Waals surface area contributed by atoms with E-state index in [1.807, 2.05) is 0 Å². The maximum absolute atomic E-state index is 14.4. The Kier molecular flexibility index (Phi) is 4.90. The molecule has 0 amide bonds. The van der Waals surface area contributed by atoms with Gasteiger partial charge in [-0.05, 0) is 28.1 Å². The van der Waals surface area contributed by atoms with Crippen molar-refractivity contribution in [2.75, 3.05) is 12.8 Å². The number of nitrogens with zero attached hydrogens (tertiary/aromatic N) is 1. The maximum Gasteiger partial charge on any atom is 0.512 e. The Bertz CT molecular complexity index is 804. The molecule has 0 saturated carbocycles. The molecule has 2 rings (SSSR count). The smallest absolute Gasteiger partial charge is 0.492 e. The molecule has 6 nitrogen and oxygen atoms in total. The minimum absolute atomic E-state index is 0.0581. The third-order valence-corrected chi connectivity index (χ3v) is 3.70. The molecule has 0 saturated heterocycles. The molecule has 0 aliphatic carbocycles. The Hall–Kier alpha value is -2.13. The molecule has 0 unspecified atom stereocenters. The van der Waals surface area contributed by atoms with Crippen LogP contribution in [0.25, 0.3) is 11.3 Å². The van der Waals surface area contributed by atoms with Crippen LogP contribution in [0.1, 0.15) is 0 Å². The van der Waals surface area contributed by atoms with Crippen LogP contribution < -0.4 is 15.2 Å². The standard InChI is InChI=1S/C13H8BrClF2N2O4/c1-22-11-4(14)2-5(16)8(10(11)17)7-3-6(18)9(15)12(19-7)23-13(20)21/h2-3H,1H3,(H2,18,19)(H,20,21). The summed E-state index contributed by atoms with van der Waals surface area (Å²) in [5, 5.41) is 8.34. The van der Waals surface area contributed by atoms with Crippen molar-refractivity contribution in [1.29, 1.82) is 0 Å². The second kappa shape index (κ2) is 6.55. The fraction of sp³-hybridized carbons (Fsp3) is 0.0769. The lowest BCUT2D eigenvalue weighted by Crippen LogP contribution is -2.07. The molecule has 0 atom stereocenters. The molecule has 0 bridgehead atoms. The Labute approximate surface area is 141 Å². The van der Waals surface area contributed by atoms with Gasteiger partial charge in [-0.2, -0.15) is 0 Å². The van der Waals surface area contributed by atoms with Gasteiger partial charge in [0.2, 0.25) is 5.88 Å². The molecule has 10 heteroatoms. The van der Waals surface area contributed by atoms with Gasteiger partial charge in [0, 0.05) is 0 Å². The molecule has 0 fully saturated rings. The number of pyridine rings is 1. The number of nitrogen functional groups attached to an aromatic ring is 1. The summed E-state index contributed by atoms with van der Waals surface area (Å²) in [7, 11) is 1.20. The third kappa shape index (κ3) is 3.30. The van der Waals surface area contributed by atoms with Crippen molar-refractivity contribution in [2.45, 2.75) is 0 Å². The van der Waals surface area contributed by atoms with Crippen LogP contribution in [0.15, 0.2) is 16.6 Å². The van der Waals surface area contributed by atoms with Gasteiger partial charge in [-0.15, -0.1) is 0 Å². The summed E-state index contributed by atoms with van der Waals surface area (Å²) in [6.45, 7) is 0. The first kappa shape index (κ1) is 17.2. The van der Waals surface area contributed by atoms with E-state index in [1.165, 1.54) is 7.11 Å². The summed E-state index contributed by atoms with van der Waals surface area (Å²) >= 11 is 8.73. The van der Waals surface area contributed by atoms with Crippen molar-refractivity contribution in [3.63, 3.8) is 0 Å². The number of hydrogen-bond acceptors (Lipinski definition) is 5. The normalized spacial score (nSPS) is 10.5. The molecule has 2 aromatic rings. The lowest BCUT2D eigenvalue weighted by atomic mass is 10.1. The highest BCUT2D eigenvalue weighted by Gasteiger charge is 2.23. The van der Waals surface area contributed by atoms with Crippen molar-refractivity contribution < 1.29 is 28.2 Å².